The number of alkyl carbamates (subject to hydrolysis) is 1. The molecule has 0 saturated carbocycles. The molecule has 31 heavy (non-hydrogen) atoms. The first-order valence-electron chi connectivity index (χ1n) is 10.1. The number of carbonyl (C=O) groups excluding carboxylic acids is 3. The van der Waals surface area contributed by atoms with Gasteiger partial charge in [-0.25, -0.2) is 9.59 Å². The van der Waals surface area contributed by atoms with Gasteiger partial charge in [0.15, 0.2) is 0 Å². The predicted octanol–water partition coefficient (Wildman–Crippen LogP) is 2.69. The summed E-state index contributed by atoms with van der Waals surface area (Å²) in [5.41, 5.74) is 1.56. The molecule has 0 aliphatic rings. The van der Waals surface area contributed by atoms with Gasteiger partial charge in [-0.2, -0.15) is 0 Å². The molecule has 166 valence electrons. The van der Waals surface area contributed by atoms with Crippen molar-refractivity contribution in [3.63, 3.8) is 0 Å². The molecule has 8 heteroatoms. The Morgan fingerprint density at radius 1 is 0.935 bits per heavy atom. The number of nitrogens with one attached hydrogen (secondary N) is 2. The highest BCUT2D eigenvalue weighted by Crippen LogP contribution is 2.12. The summed E-state index contributed by atoms with van der Waals surface area (Å²) < 4.78 is 9.99. The molecular weight excluding hydrogens is 400 g/mol. The summed E-state index contributed by atoms with van der Waals surface area (Å²) >= 11 is 0. The van der Waals surface area contributed by atoms with Gasteiger partial charge in [0, 0.05) is 6.42 Å². The molecule has 2 aromatic rings. The Morgan fingerprint density at radius 2 is 1.61 bits per heavy atom. The molecule has 0 unspecified atom stereocenters. The van der Waals surface area contributed by atoms with Crippen LogP contribution < -0.4 is 10.6 Å². The summed E-state index contributed by atoms with van der Waals surface area (Å²) in [5.74, 6) is -1.01. The van der Waals surface area contributed by atoms with E-state index < -0.39 is 30.1 Å². The zero-order valence-corrected chi connectivity index (χ0v) is 17.7. The second-order valence-corrected chi connectivity index (χ2v) is 7.00. The SMILES string of the molecule is CCC[C@@H](NC(=O)OCc1ccccc1)C(=O)N[C@H](Cc1ccc(O)cc1)C(=O)OC. The molecule has 0 aliphatic carbocycles. The van der Waals surface area contributed by atoms with E-state index in [1.807, 2.05) is 37.3 Å². The van der Waals surface area contributed by atoms with Gasteiger partial charge in [0.1, 0.15) is 24.4 Å². The predicted molar refractivity (Wildman–Crippen MR) is 114 cm³/mol. The van der Waals surface area contributed by atoms with Crippen LogP contribution >= 0.6 is 0 Å². The molecule has 0 fully saturated rings. The summed E-state index contributed by atoms with van der Waals surface area (Å²) in [7, 11) is 1.24. The number of ether oxygens (including phenoxy) is 2. The number of aromatic hydroxyl groups is 1. The Kier molecular flexibility index (Phi) is 9.35. The van der Waals surface area contributed by atoms with E-state index >= 15 is 0 Å². The van der Waals surface area contributed by atoms with Crippen LogP contribution in [0.4, 0.5) is 4.79 Å². The molecule has 0 spiro atoms. The van der Waals surface area contributed by atoms with Gasteiger partial charge >= 0.3 is 12.1 Å². The van der Waals surface area contributed by atoms with Crippen molar-refractivity contribution in [2.24, 2.45) is 0 Å². The first-order valence-corrected chi connectivity index (χ1v) is 10.1. The molecule has 2 rings (SSSR count). The van der Waals surface area contributed by atoms with Crippen LogP contribution in [0.2, 0.25) is 0 Å². The van der Waals surface area contributed by atoms with E-state index in [1.54, 1.807) is 12.1 Å². The van der Waals surface area contributed by atoms with E-state index in [2.05, 4.69) is 10.6 Å². The van der Waals surface area contributed by atoms with E-state index in [1.165, 1.54) is 19.2 Å². The highest BCUT2D eigenvalue weighted by molar-refractivity contribution is 5.89. The highest BCUT2D eigenvalue weighted by Gasteiger charge is 2.27. The maximum Gasteiger partial charge on any atom is 0.408 e. The molecule has 0 aromatic heterocycles. The number of hydrogen-bond donors (Lipinski definition) is 3. The van der Waals surface area contributed by atoms with Gasteiger partial charge in [-0.05, 0) is 29.7 Å². The summed E-state index contributed by atoms with van der Waals surface area (Å²) in [6.45, 7) is 1.96. The van der Waals surface area contributed by atoms with E-state index in [4.69, 9.17) is 9.47 Å². The molecule has 0 saturated heterocycles. The van der Waals surface area contributed by atoms with Crippen LogP contribution in [0.5, 0.6) is 5.75 Å². The second-order valence-electron chi connectivity index (χ2n) is 7.00. The molecule has 0 bridgehead atoms. The first-order chi connectivity index (χ1) is 14.9. The molecule has 0 heterocycles. The topological polar surface area (TPSA) is 114 Å². The molecule has 3 N–H and O–H groups in total. The Balaban J connectivity index is 1.98. The van der Waals surface area contributed by atoms with Crippen molar-refractivity contribution >= 4 is 18.0 Å². The number of methoxy groups -OCH3 is 1. The summed E-state index contributed by atoms with van der Waals surface area (Å²) in [4.78, 5) is 37.1. The van der Waals surface area contributed by atoms with Crippen molar-refractivity contribution in [1.82, 2.24) is 10.6 Å². The van der Waals surface area contributed by atoms with E-state index in [-0.39, 0.29) is 18.8 Å². The van der Waals surface area contributed by atoms with E-state index in [0.29, 0.717) is 12.8 Å². The minimum atomic E-state index is -0.941. The van der Waals surface area contributed by atoms with Crippen molar-refractivity contribution < 1.29 is 29.0 Å². The molecule has 8 nitrogen and oxygen atoms in total. The van der Waals surface area contributed by atoms with Gasteiger partial charge in [-0.3, -0.25) is 4.79 Å². The molecular formula is C23H28N2O6. The number of phenolic OH excluding ortho intramolecular Hbond substituents is 1. The third kappa shape index (κ3) is 8.00. The van der Waals surface area contributed by atoms with Gasteiger partial charge in [0.25, 0.3) is 0 Å². The van der Waals surface area contributed by atoms with E-state index in [9.17, 15) is 19.5 Å². The lowest BCUT2D eigenvalue weighted by Gasteiger charge is -2.22. The largest absolute Gasteiger partial charge is 0.508 e. The molecule has 2 aromatic carbocycles. The fourth-order valence-electron chi connectivity index (χ4n) is 2.94. The van der Waals surface area contributed by atoms with Crippen molar-refractivity contribution in [2.75, 3.05) is 7.11 Å². The number of esters is 1. The normalized spacial score (nSPS) is 12.3. The van der Waals surface area contributed by atoms with Crippen molar-refractivity contribution in [1.29, 1.82) is 0 Å². The van der Waals surface area contributed by atoms with Crippen LogP contribution in [-0.2, 0) is 32.1 Å². The van der Waals surface area contributed by atoms with Crippen molar-refractivity contribution in [3.05, 3.63) is 65.7 Å². The lowest BCUT2D eigenvalue weighted by molar-refractivity contribution is -0.145. The number of amides is 2. The van der Waals surface area contributed by atoms with Crippen LogP contribution in [0, 0.1) is 0 Å². The van der Waals surface area contributed by atoms with Crippen LogP contribution in [-0.4, -0.2) is 42.3 Å². The maximum absolute atomic E-state index is 12.8. The fraction of sp³-hybridized carbons (Fsp3) is 0.348. The van der Waals surface area contributed by atoms with Crippen molar-refractivity contribution in [3.8, 4) is 5.75 Å². The van der Waals surface area contributed by atoms with E-state index in [0.717, 1.165) is 11.1 Å². The Morgan fingerprint density at radius 3 is 2.23 bits per heavy atom. The van der Waals surface area contributed by atoms with Crippen LogP contribution in [0.1, 0.15) is 30.9 Å². The quantitative estimate of drug-likeness (QED) is 0.502. The molecule has 0 radical (unpaired) electrons. The summed E-state index contributed by atoms with van der Waals surface area (Å²) in [6.07, 6.45) is 0.471. The van der Waals surface area contributed by atoms with Gasteiger partial charge in [0.05, 0.1) is 7.11 Å². The van der Waals surface area contributed by atoms with Crippen LogP contribution in [0.15, 0.2) is 54.6 Å². The molecule has 0 aliphatic heterocycles. The number of benzene rings is 2. The average molecular weight is 428 g/mol. The lowest BCUT2D eigenvalue weighted by atomic mass is 10.0. The standard InChI is InChI=1S/C23H28N2O6/c1-3-7-19(25-23(29)31-15-17-8-5-4-6-9-17)21(27)24-20(22(28)30-2)14-16-10-12-18(26)13-11-16/h4-6,8-13,19-20,26H,3,7,14-15H2,1-2H3,(H,24,27)(H,25,29)/t19-,20-/m1/s1. The van der Waals surface area contributed by atoms with Crippen LogP contribution in [0.25, 0.3) is 0 Å². The summed E-state index contributed by atoms with van der Waals surface area (Å²) in [5, 5.41) is 14.6. The minimum absolute atomic E-state index is 0.0821. The monoisotopic (exact) mass is 428 g/mol. The van der Waals surface area contributed by atoms with Gasteiger partial charge in [-0.15, -0.1) is 0 Å². The Labute approximate surface area is 181 Å². The lowest BCUT2D eigenvalue weighted by Crippen LogP contribution is -2.52. The van der Waals surface area contributed by atoms with Gasteiger partial charge < -0.3 is 25.2 Å². The maximum atomic E-state index is 12.8. The Bertz CT molecular complexity index is 854. The zero-order valence-electron chi connectivity index (χ0n) is 17.7. The summed E-state index contributed by atoms with van der Waals surface area (Å²) in [6, 6.07) is 13.7. The molecule has 2 atom stereocenters. The average Bonchev–Trinajstić information content (AvgIpc) is 2.78. The third-order valence-electron chi connectivity index (χ3n) is 4.58. The highest BCUT2D eigenvalue weighted by atomic mass is 16.5. The fourth-order valence-corrected chi connectivity index (χ4v) is 2.94. The Hall–Kier alpha value is -3.55. The van der Waals surface area contributed by atoms with Gasteiger partial charge in [0.2, 0.25) is 5.91 Å². The number of phenols is 1. The number of carbonyl (C=O) groups is 3. The third-order valence-corrected chi connectivity index (χ3v) is 4.58. The minimum Gasteiger partial charge on any atom is -0.508 e. The van der Waals surface area contributed by atoms with Crippen molar-refractivity contribution in [2.45, 2.75) is 44.9 Å². The van der Waals surface area contributed by atoms with Crippen LogP contribution in [0.3, 0.4) is 0 Å². The first kappa shape index (κ1) is 23.7. The number of hydrogen-bond acceptors (Lipinski definition) is 6. The van der Waals surface area contributed by atoms with Gasteiger partial charge in [-0.1, -0.05) is 55.8 Å². The zero-order chi connectivity index (χ0) is 22.6. The molecule has 2 amide bonds. The smallest absolute Gasteiger partial charge is 0.408 e. The second kappa shape index (κ2) is 12.2. The number of rotatable bonds is 10.